The molecule has 2 bridgehead atoms. The fraction of sp³-hybridized carbons (Fsp3) is 0.581. The number of aliphatic hydroxyl groups excluding tert-OH is 1. The number of fused-ring (bicyclic) bond motifs is 1. The van der Waals surface area contributed by atoms with Gasteiger partial charge in [-0.3, -0.25) is 14.4 Å². The lowest BCUT2D eigenvalue weighted by molar-refractivity contribution is -0.147. The molecule has 1 aromatic carbocycles. The van der Waals surface area contributed by atoms with E-state index in [0.717, 1.165) is 24.8 Å². The van der Waals surface area contributed by atoms with Crippen LogP contribution in [0.1, 0.15) is 51.5 Å². The third-order valence-corrected chi connectivity index (χ3v) is 10.6. The lowest BCUT2D eigenvalue weighted by Crippen LogP contribution is -2.57. The van der Waals surface area contributed by atoms with Crippen molar-refractivity contribution in [2.24, 2.45) is 11.8 Å². The number of amides is 3. The Bertz CT molecular complexity index is 1060. The Labute approximate surface area is 237 Å². The van der Waals surface area contributed by atoms with Crippen molar-refractivity contribution in [2.75, 3.05) is 26.2 Å². The normalized spacial score (nSPS) is 27.8. The van der Waals surface area contributed by atoms with Crippen molar-refractivity contribution in [2.45, 2.75) is 74.6 Å². The minimum atomic E-state index is -0.696. The number of carbonyl (C=O) groups is 3. The molecule has 0 saturated carbocycles. The number of benzene rings is 1. The first-order chi connectivity index (χ1) is 18.9. The zero-order valence-corrected chi connectivity index (χ0v) is 24.2. The van der Waals surface area contributed by atoms with Crippen molar-refractivity contribution in [1.29, 1.82) is 0 Å². The number of nitrogens with zero attached hydrogens (tertiary/aromatic N) is 3. The van der Waals surface area contributed by atoms with Gasteiger partial charge in [0.15, 0.2) is 0 Å². The maximum atomic E-state index is 14.3. The maximum Gasteiger partial charge on any atom is 0.247 e. The van der Waals surface area contributed by atoms with Crippen LogP contribution in [0.2, 0.25) is 0 Å². The molecule has 4 rings (SSSR count). The molecule has 8 heteroatoms. The van der Waals surface area contributed by atoms with Gasteiger partial charge in [-0.15, -0.1) is 24.9 Å². The Kier molecular flexibility index (Phi) is 9.60. The van der Waals surface area contributed by atoms with E-state index < -0.39 is 28.7 Å². The highest BCUT2D eigenvalue weighted by Crippen LogP contribution is 2.67. The molecule has 3 saturated heterocycles. The van der Waals surface area contributed by atoms with Gasteiger partial charge in [-0.1, -0.05) is 62.8 Å². The zero-order valence-electron chi connectivity index (χ0n) is 23.3. The molecule has 3 heterocycles. The number of carbonyl (C=O) groups excluding carboxylic acids is 3. The summed E-state index contributed by atoms with van der Waals surface area (Å²) in [6.45, 7) is 13.4. The number of hydrogen-bond donors (Lipinski definition) is 1. The highest BCUT2D eigenvalue weighted by molar-refractivity contribution is 8.02. The fourth-order valence-corrected chi connectivity index (χ4v) is 9.02. The van der Waals surface area contributed by atoms with E-state index in [-0.39, 0.29) is 29.6 Å². The van der Waals surface area contributed by atoms with Gasteiger partial charge >= 0.3 is 0 Å². The number of thioether (sulfide) groups is 1. The molecule has 6 atom stereocenters. The number of aliphatic hydroxyl groups is 1. The fourth-order valence-electron chi connectivity index (χ4n) is 6.83. The third kappa shape index (κ3) is 5.30. The molecular weight excluding hydrogens is 510 g/mol. The van der Waals surface area contributed by atoms with E-state index in [4.69, 9.17) is 0 Å². The number of unbranched alkanes of at least 4 members (excludes halogenated alkanes) is 1. The van der Waals surface area contributed by atoms with Crippen LogP contribution in [0.15, 0.2) is 55.6 Å². The zero-order chi connectivity index (χ0) is 28.2. The van der Waals surface area contributed by atoms with E-state index in [1.807, 2.05) is 42.2 Å². The van der Waals surface area contributed by atoms with Crippen LogP contribution in [-0.4, -0.2) is 85.8 Å². The number of hydrogen-bond acceptors (Lipinski definition) is 5. The van der Waals surface area contributed by atoms with Crippen LogP contribution < -0.4 is 0 Å². The van der Waals surface area contributed by atoms with Crippen molar-refractivity contribution in [3.63, 3.8) is 0 Å². The van der Waals surface area contributed by atoms with Gasteiger partial charge in [-0.2, -0.15) is 0 Å². The van der Waals surface area contributed by atoms with Gasteiger partial charge in [0.1, 0.15) is 6.04 Å². The van der Waals surface area contributed by atoms with Crippen molar-refractivity contribution in [3.8, 4) is 0 Å². The molecule has 3 fully saturated rings. The van der Waals surface area contributed by atoms with Gasteiger partial charge < -0.3 is 19.8 Å². The van der Waals surface area contributed by atoms with Crippen molar-refractivity contribution < 1.29 is 19.5 Å². The lowest BCUT2D eigenvalue weighted by Gasteiger charge is -2.39. The molecule has 3 amide bonds. The molecule has 7 nitrogen and oxygen atoms in total. The summed E-state index contributed by atoms with van der Waals surface area (Å²) in [5.74, 6) is -1.37. The summed E-state index contributed by atoms with van der Waals surface area (Å²) in [6.07, 6.45) is 7.32. The molecule has 1 aromatic rings. The molecule has 212 valence electrons. The summed E-state index contributed by atoms with van der Waals surface area (Å²) in [4.78, 5) is 48.1. The average molecular weight is 554 g/mol. The molecule has 3 aliphatic heterocycles. The van der Waals surface area contributed by atoms with Gasteiger partial charge in [-0.05, 0) is 31.2 Å². The maximum absolute atomic E-state index is 14.3. The van der Waals surface area contributed by atoms with Crippen LogP contribution in [0.4, 0.5) is 0 Å². The number of likely N-dealkylation sites (tertiary alicyclic amines) is 1. The Hall–Kier alpha value is -2.58. The molecule has 0 radical (unpaired) electrons. The van der Waals surface area contributed by atoms with E-state index in [2.05, 4.69) is 20.1 Å². The smallest absolute Gasteiger partial charge is 0.247 e. The number of rotatable bonds is 14. The monoisotopic (exact) mass is 553 g/mol. The molecule has 3 aliphatic rings. The molecule has 2 unspecified atom stereocenters. The standard InChI is InChI=1S/C31H43N3O4S/c1-5-9-19-32(17-6-2)30(38)27-31-16-15-24(39-31)25(26(31)29(37)34(27)23(8-4)21-35)28(36)33(18-7-3)20-22-13-11-10-12-14-22/h6-7,10-14,23-27,35H,2-3,5,8-9,15-21H2,1,4H3/t23-,24+,25-,26-,27?,31?/m0/s1. The van der Waals surface area contributed by atoms with Crippen LogP contribution in [0.25, 0.3) is 0 Å². The van der Waals surface area contributed by atoms with Crippen LogP contribution in [0, 0.1) is 11.8 Å². The molecule has 1 spiro atoms. The van der Waals surface area contributed by atoms with E-state index >= 15 is 0 Å². The van der Waals surface area contributed by atoms with E-state index in [1.54, 1.807) is 33.7 Å². The summed E-state index contributed by atoms with van der Waals surface area (Å²) >= 11 is 1.68. The van der Waals surface area contributed by atoms with E-state index in [9.17, 15) is 19.5 Å². The summed E-state index contributed by atoms with van der Waals surface area (Å²) in [7, 11) is 0. The highest BCUT2D eigenvalue weighted by Gasteiger charge is 2.74. The Morgan fingerprint density at radius 2 is 1.85 bits per heavy atom. The predicted octanol–water partition coefficient (Wildman–Crippen LogP) is 3.88. The second-order valence-corrected chi connectivity index (χ2v) is 12.6. The van der Waals surface area contributed by atoms with Crippen molar-refractivity contribution in [1.82, 2.24) is 14.7 Å². The van der Waals surface area contributed by atoms with Gasteiger partial charge in [0, 0.05) is 31.4 Å². The summed E-state index contributed by atoms with van der Waals surface area (Å²) in [5, 5.41) is 10.3. The second kappa shape index (κ2) is 12.7. The Morgan fingerprint density at radius 3 is 2.46 bits per heavy atom. The summed E-state index contributed by atoms with van der Waals surface area (Å²) in [6, 6.07) is 8.69. The van der Waals surface area contributed by atoms with Crippen LogP contribution >= 0.6 is 11.8 Å². The largest absolute Gasteiger partial charge is 0.394 e. The van der Waals surface area contributed by atoms with Crippen LogP contribution in [0.5, 0.6) is 0 Å². The topological polar surface area (TPSA) is 81.2 Å². The van der Waals surface area contributed by atoms with Crippen LogP contribution in [0.3, 0.4) is 0 Å². The Morgan fingerprint density at radius 1 is 1.15 bits per heavy atom. The highest BCUT2D eigenvalue weighted by atomic mass is 32.2. The molecule has 39 heavy (non-hydrogen) atoms. The van der Waals surface area contributed by atoms with Crippen molar-refractivity contribution >= 4 is 29.5 Å². The molecule has 0 aromatic heterocycles. The van der Waals surface area contributed by atoms with Crippen molar-refractivity contribution in [3.05, 3.63) is 61.2 Å². The molecule has 0 aliphatic carbocycles. The minimum absolute atomic E-state index is 0.00955. The quantitative estimate of drug-likeness (QED) is 0.354. The summed E-state index contributed by atoms with van der Waals surface area (Å²) in [5.41, 5.74) is 1.02. The third-order valence-electron chi connectivity index (χ3n) is 8.65. The first kappa shape index (κ1) is 29.4. The van der Waals surface area contributed by atoms with Gasteiger partial charge in [0.2, 0.25) is 17.7 Å². The van der Waals surface area contributed by atoms with Gasteiger partial charge in [0.05, 0.1) is 29.2 Å². The second-order valence-electron chi connectivity index (χ2n) is 11.0. The average Bonchev–Trinajstić information content (AvgIpc) is 3.59. The van der Waals surface area contributed by atoms with Gasteiger partial charge in [-0.25, -0.2) is 0 Å². The first-order valence-electron chi connectivity index (χ1n) is 14.3. The van der Waals surface area contributed by atoms with Crippen LogP contribution in [-0.2, 0) is 20.9 Å². The Balaban J connectivity index is 1.72. The lowest BCUT2D eigenvalue weighted by atomic mass is 9.70. The predicted molar refractivity (Wildman–Crippen MR) is 156 cm³/mol. The van der Waals surface area contributed by atoms with E-state index in [1.165, 1.54) is 0 Å². The molecule has 1 N–H and O–H groups in total. The molecular formula is C31H43N3O4S. The SMILES string of the molecule is C=CCN(CCCC)C(=O)C1N([C@@H](CC)CO)C(=O)[C@@H]2[C@@H](C(=O)N(CC=C)Cc3ccccc3)[C@H]3CCC12S3. The summed E-state index contributed by atoms with van der Waals surface area (Å²) < 4.78 is -0.667. The first-order valence-corrected chi connectivity index (χ1v) is 15.2. The van der Waals surface area contributed by atoms with Gasteiger partial charge in [0.25, 0.3) is 0 Å². The van der Waals surface area contributed by atoms with E-state index in [0.29, 0.717) is 39.0 Å². The minimum Gasteiger partial charge on any atom is -0.394 e.